The van der Waals surface area contributed by atoms with E-state index in [1.54, 1.807) is 6.07 Å². The van der Waals surface area contributed by atoms with Crippen LogP contribution in [0.15, 0.2) is 15.7 Å². The smallest absolute Gasteiger partial charge is 0.240 e. The van der Waals surface area contributed by atoms with Gasteiger partial charge < -0.3 is 9.42 Å². The predicted molar refractivity (Wildman–Crippen MR) is 99.5 cm³/mol. The van der Waals surface area contributed by atoms with E-state index >= 15 is 0 Å². The Kier molecular flexibility index (Phi) is 4.88. The molecule has 2 aromatic rings. The molecule has 9 heteroatoms. The highest BCUT2D eigenvalue weighted by Crippen LogP contribution is 2.42. The summed E-state index contributed by atoms with van der Waals surface area (Å²) in [6, 6.07) is 2.17. The molecule has 4 rings (SSSR count). The Bertz CT molecular complexity index is 778. The van der Waals surface area contributed by atoms with Gasteiger partial charge in [-0.3, -0.25) is 14.7 Å². The van der Waals surface area contributed by atoms with E-state index in [4.69, 9.17) is 4.52 Å². The van der Waals surface area contributed by atoms with Crippen molar-refractivity contribution in [2.24, 2.45) is 0 Å². The molecule has 2 aromatic heterocycles. The van der Waals surface area contributed by atoms with Crippen molar-refractivity contribution < 1.29 is 9.32 Å². The van der Waals surface area contributed by atoms with Gasteiger partial charge in [-0.2, -0.15) is 0 Å². The molecule has 1 amide bonds. The number of aryl methyl sites for hydroxylation is 1. The third-order valence-corrected chi connectivity index (χ3v) is 5.78. The second-order valence-corrected chi connectivity index (χ2v) is 8.32. The van der Waals surface area contributed by atoms with Gasteiger partial charge in [0, 0.05) is 25.2 Å². The normalized spacial score (nSPS) is 18.8. The van der Waals surface area contributed by atoms with Gasteiger partial charge in [-0.05, 0) is 46.0 Å². The fraction of sp³-hybridized carbons (Fsp3) is 0.647. The summed E-state index contributed by atoms with van der Waals surface area (Å²) in [5.74, 6) is 1.21. The third kappa shape index (κ3) is 3.72. The molecular weight excluding hydrogens is 352 g/mol. The molecule has 26 heavy (non-hydrogen) atoms. The van der Waals surface area contributed by atoms with Crippen molar-refractivity contribution in [2.75, 3.05) is 23.3 Å². The number of piperidine rings is 1. The fourth-order valence-corrected chi connectivity index (χ4v) is 4.08. The first-order valence-electron chi connectivity index (χ1n) is 9.22. The first kappa shape index (κ1) is 17.4. The van der Waals surface area contributed by atoms with Crippen LogP contribution in [0.5, 0.6) is 0 Å². The molecule has 1 saturated heterocycles. The molecule has 2 fully saturated rings. The Morgan fingerprint density at radius 2 is 2.08 bits per heavy atom. The molecule has 0 radical (unpaired) electrons. The molecule has 1 N–H and O–H groups in total. The Balaban J connectivity index is 1.47. The summed E-state index contributed by atoms with van der Waals surface area (Å²) in [5.41, 5.74) is 0.736. The highest BCUT2D eigenvalue weighted by molar-refractivity contribution is 8.00. The number of nitrogens with one attached hydrogen (secondary N) is 1. The average Bonchev–Trinajstić information content (AvgIpc) is 3.27. The molecule has 140 valence electrons. The minimum absolute atomic E-state index is 0.129. The number of anilines is 2. The zero-order chi connectivity index (χ0) is 18.1. The Morgan fingerprint density at radius 3 is 2.73 bits per heavy atom. The Morgan fingerprint density at radius 1 is 1.31 bits per heavy atom. The SMILES string of the molecule is Cc1cc(NC(=O)C(C)Sc2nnc(N3CCCCC3)n2C2CC2)on1. The number of carbonyl (C=O) groups is 1. The molecule has 0 spiro atoms. The summed E-state index contributed by atoms with van der Waals surface area (Å²) in [6.07, 6.45) is 6.01. The van der Waals surface area contributed by atoms with Crippen LogP contribution < -0.4 is 10.2 Å². The van der Waals surface area contributed by atoms with E-state index in [0.29, 0.717) is 11.9 Å². The number of carbonyl (C=O) groups excluding carboxylic acids is 1. The third-order valence-electron chi connectivity index (χ3n) is 4.72. The number of nitrogens with zero attached hydrogens (tertiary/aromatic N) is 5. The first-order valence-corrected chi connectivity index (χ1v) is 10.1. The largest absolute Gasteiger partial charge is 0.341 e. The van der Waals surface area contributed by atoms with Gasteiger partial charge in [0.1, 0.15) is 0 Å². The summed E-state index contributed by atoms with van der Waals surface area (Å²) in [7, 11) is 0. The van der Waals surface area contributed by atoms with Gasteiger partial charge in [0.15, 0.2) is 5.16 Å². The average molecular weight is 376 g/mol. The molecule has 2 aliphatic rings. The molecule has 1 aliphatic heterocycles. The van der Waals surface area contributed by atoms with E-state index < -0.39 is 0 Å². The van der Waals surface area contributed by atoms with Crippen molar-refractivity contribution in [1.29, 1.82) is 0 Å². The van der Waals surface area contributed by atoms with E-state index in [1.165, 1.54) is 31.0 Å². The van der Waals surface area contributed by atoms with Crippen LogP contribution in [0, 0.1) is 6.92 Å². The maximum Gasteiger partial charge on any atom is 0.240 e. The van der Waals surface area contributed by atoms with Crippen LogP contribution in [0.3, 0.4) is 0 Å². The van der Waals surface area contributed by atoms with Gasteiger partial charge in [0.25, 0.3) is 0 Å². The van der Waals surface area contributed by atoms with E-state index in [-0.39, 0.29) is 11.2 Å². The van der Waals surface area contributed by atoms with Crippen molar-refractivity contribution in [2.45, 2.75) is 62.4 Å². The Labute approximate surface area is 156 Å². The van der Waals surface area contributed by atoms with Gasteiger partial charge >= 0.3 is 0 Å². The maximum absolute atomic E-state index is 12.4. The first-order chi connectivity index (χ1) is 12.6. The van der Waals surface area contributed by atoms with Crippen molar-refractivity contribution in [3.8, 4) is 0 Å². The quantitative estimate of drug-likeness (QED) is 0.775. The van der Waals surface area contributed by atoms with Gasteiger partial charge in [0.2, 0.25) is 17.7 Å². The van der Waals surface area contributed by atoms with Crippen molar-refractivity contribution >= 4 is 29.5 Å². The lowest BCUT2D eigenvalue weighted by atomic mass is 10.1. The molecule has 1 saturated carbocycles. The second-order valence-electron chi connectivity index (χ2n) is 7.01. The summed E-state index contributed by atoms with van der Waals surface area (Å²) in [5, 5.41) is 15.9. The molecule has 1 aliphatic carbocycles. The molecule has 0 bridgehead atoms. The molecule has 1 unspecified atom stereocenters. The van der Waals surface area contributed by atoms with E-state index in [0.717, 1.165) is 42.7 Å². The highest BCUT2D eigenvalue weighted by Gasteiger charge is 2.33. The van der Waals surface area contributed by atoms with E-state index in [9.17, 15) is 4.79 Å². The lowest BCUT2D eigenvalue weighted by Crippen LogP contribution is -2.32. The fourth-order valence-electron chi connectivity index (χ4n) is 3.17. The number of thioether (sulfide) groups is 1. The lowest BCUT2D eigenvalue weighted by Gasteiger charge is -2.28. The lowest BCUT2D eigenvalue weighted by molar-refractivity contribution is -0.115. The van der Waals surface area contributed by atoms with Crippen molar-refractivity contribution in [1.82, 2.24) is 19.9 Å². The van der Waals surface area contributed by atoms with Crippen molar-refractivity contribution in [3.05, 3.63) is 11.8 Å². The van der Waals surface area contributed by atoms with Gasteiger partial charge in [-0.1, -0.05) is 16.9 Å². The number of hydrogen-bond acceptors (Lipinski definition) is 7. The summed E-state index contributed by atoms with van der Waals surface area (Å²) in [4.78, 5) is 14.8. The minimum Gasteiger partial charge on any atom is -0.341 e. The van der Waals surface area contributed by atoms with Crippen LogP contribution in [0.2, 0.25) is 0 Å². The van der Waals surface area contributed by atoms with E-state index in [1.807, 2.05) is 13.8 Å². The van der Waals surface area contributed by atoms with Crippen LogP contribution in [0.1, 0.15) is 50.8 Å². The topological polar surface area (TPSA) is 89.1 Å². The zero-order valence-electron chi connectivity index (χ0n) is 15.1. The number of aromatic nitrogens is 4. The number of hydrogen-bond donors (Lipinski definition) is 1. The van der Waals surface area contributed by atoms with Crippen molar-refractivity contribution in [3.63, 3.8) is 0 Å². The van der Waals surface area contributed by atoms with Crippen LogP contribution in [-0.2, 0) is 4.79 Å². The van der Waals surface area contributed by atoms with Crippen LogP contribution >= 0.6 is 11.8 Å². The summed E-state index contributed by atoms with van der Waals surface area (Å²) in [6.45, 7) is 5.76. The van der Waals surface area contributed by atoms with Gasteiger partial charge in [0.05, 0.1) is 10.9 Å². The molecule has 0 aromatic carbocycles. The number of rotatable bonds is 6. The van der Waals surface area contributed by atoms with Crippen LogP contribution in [0.25, 0.3) is 0 Å². The minimum atomic E-state index is -0.309. The molecule has 8 nitrogen and oxygen atoms in total. The monoisotopic (exact) mass is 376 g/mol. The zero-order valence-corrected chi connectivity index (χ0v) is 16.0. The van der Waals surface area contributed by atoms with Crippen LogP contribution in [0.4, 0.5) is 11.8 Å². The Hall–Kier alpha value is -2.03. The standard InChI is InChI=1S/C17H24N6O2S/c1-11-10-14(25-21-11)18-15(24)12(2)26-17-20-19-16(23(17)13-6-7-13)22-8-4-3-5-9-22/h10,12-13H,3-9H2,1-2H3,(H,18,24). The molecular formula is C17H24N6O2S. The highest BCUT2D eigenvalue weighted by atomic mass is 32.2. The second kappa shape index (κ2) is 7.30. The van der Waals surface area contributed by atoms with Gasteiger partial charge in [-0.25, -0.2) is 0 Å². The van der Waals surface area contributed by atoms with Gasteiger partial charge in [-0.15, -0.1) is 10.2 Å². The molecule has 3 heterocycles. The summed E-state index contributed by atoms with van der Waals surface area (Å²) >= 11 is 1.45. The van der Waals surface area contributed by atoms with E-state index in [2.05, 4.69) is 30.1 Å². The number of amides is 1. The maximum atomic E-state index is 12.4. The van der Waals surface area contributed by atoms with Crippen LogP contribution in [-0.4, -0.2) is 44.2 Å². The molecule has 1 atom stereocenters. The summed E-state index contributed by atoms with van der Waals surface area (Å²) < 4.78 is 7.29. The predicted octanol–water partition coefficient (Wildman–Crippen LogP) is 3.02.